The predicted molar refractivity (Wildman–Crippen MR) is 60.7 cm³/mol. The maximum Gasteiger partial charge on any atom is 0.329 e. The molecule has 1 heterocycles. The van der Waals surface area contributed by atoms with Crippen LogP contribution in [-0.4, -0.2) is 27.0 Å². The predicted octanol–water partition coefficient (Wildman–Crippen LogP) is 2.25. The van der Waals surface area contributed by atoms with Crippen molar-refractivity contribution in [2.45, 2.75) is 25.4 Å². The smallest absolute Gasteiger partial charge is 0.324 e. The van der Waals surface area contributed by atoms with Crippen molar-refractivity contribution < 1.29 is 14.4 Å². The van der Waals surface area contributed by atoms with E-state index in [4.69, 9.17) is 9.79 Å². The van der Waals surface area contributed by atoms with Crippen LogP contribution in [0.25, 0.3) is 0 Å². The van der Waals surface area contributed by atoms with Crippen molar-refractivity contribution in [3.05, 3.63) is 12.2 Å². The highest BCUT2D eigenvalue weighted by Crippen LogP contribution is 2.48. The van der Waals surface area contributed by atoms with Crippen molar-refractivity contribution in [3.8, 4) is 0 Å². The van der Waals surface area contributed by atoms with Gasteiger partial charge in [-0.25, -0.2) is 0 Å². The van der Waals surface area contributed by atoms with Crippen molar-refractivity contribution in [2.75, 3.05) is 11.5 Å². The summed E-state index contributed by atoms with van der Waals surface area (Å²) < 4.78 is 11.1. The third kappa shape index (κ3) is 3.77. The summed E-state index contributed by atoms with van der Waals surface area (Å²) in [5, 5.41) is 0. The summed E-state index contributed by atoms with van der Waals surface area (Å²) in [7, 11) is -3.87. The Hall–Kier alpha value is 0.240. The van der Waals surface area contributed by atoms with Crippen LogP contribution in [0, 0.1) is 5.92 Å². The molecule has 0 aliphatic carbocycles. The Morgan fingerprint density at radius 3 is 2.79 bits per heavy atom. The molecule has 2 N–H and O–H groups in total. The molecular weight excluding hydrogens is 219 g/mol. The van der Waals surface area contributed by atoms with Crippen molar-refractivity contribution in [1.29, 1.82) is 0 Å². The van der Waals surface area contributed by atoms with Crippen LogP contribution in [0.2, 0.25) is 0 Å². The van der Waals surface area contributed by atoms with Gasteiger partial charge in [0, 0.05) is 5.75 Å². The highest BCUT2D eigenvalue weighted by molar-refractivity contribution is 7.99. The summed E-state index contributed by atoms with van der Waals surface area (Å²) in [5.41, 5.74) is -0.437. The van der Waals surface area contributed by atoms with Crippen molar-refractivity contribution in [2.24, 2.45) is 5.92 Å². The molecular formula is C9H17O3PS. The second-order valence-corrected chi connectivity index (χ2v) is 6.60. The van der Waals surface area contributed by atoms with Crippen LogP contribution < -0.4 is 0 Å². The molecule has 82 valence electrons. The summed E-state index contributed by atoms with van der Waals surface area (Å²) in [4.78, 5) is 18.1. The van der Waals surface area contributed by atoms with E-state index in [1.807, 2.05) is 0 Å². The average Bonchev–Trinajstić information content (AvgIpc) is 2.14. The zero-order chi connectivity index (χ0) is 10.6. The van der Waals surface area contributed by atoms with Crippen molar-refractivity contribution in [3.63, 3.8) is 0 Å². The SMILES string of the molecule is CC/C=C/C1CSCC(P(=O)(O)O)C1. The van der Waals surface area contributed by atoms with Crippen LogP contribution in [-0.2, 0) is 4.57 Å². The van der Waals surface area contributed by atoms with Gasteiger partial charge in [-0.2, -0.15) is 11.8 Å². The number of allylic oxidation sites excluding steroid dienone is 2. The van der Waals surface area contributed by atoms with E-state index in [-0.39, 0.29) is 0 Å². The molecule has 3 nitrogen and oxygen atoms in total. The normalized spacial score (nSPS) is 29.6. The first-order valence-corrected chi connectivity index (χ1v) is 7.67. The number of rotatable bonds is 3. The summed E-state index contributed by atoms with van der Waals surface area (Å²) in [5.74, 6) is 1.93. The number of hydrogen-bond acceptors (Lipinski definition) is 2. The number of thioether (sulfide) groups is 1. The van der Waals surface area contributed by atoms with Gasteiger partial charge in [-0.3, -0.25) is 4.57 Å². The van der Waals surface area contributed by atoms with Crippen LogP contribution in [0.15, 0.2) is 12.2 Å². The Morgan fingerprint density at radius 1 is 1.50 bits per heavy atom. The van der Waals surface area contributed by atoms with E-state index >= 15 is 0 Å². The zero-order valence-corrected chi connectivity index (χ0v) is 10.0. The van der Waals surface area contributed by atoms with Gasteiger partial charge >= 0.3 is 7.60 Å². The van der Waals surface area contributed by atoms with Gasteiger partial charge in [0.25, 0.3) is 0 Å². The molecule has 1 fully saturated rings. The van der Waals surface area contributed by atoms with Gasteiger partial charge < -0.3 is 9.79 Å². The minimum absolute atomic E-state index is 0.339. The Labute approximate surface area is 89.1 Å². The average molecular weight is 236 g/mol. The monoisotopic (exact) mass is 236 g/mol. The Bertz CT molecular complexity index is 248. The maximum atomic E-state index is 11.1. The lowest BCUT2D eigenvalue weighted by Crippen LogP contribution is -2.23. The first-order chi connectivity index (χ1) is 6.54. The van der Waals surface area contributed by atoms with Crippen LogP contribution in [0.5, 0.6) is 0 Å². The second-order valence-electron chi connectivity index (χ2n) is 3.61. The molecule has 0 radical (unpaired) electrons. The van der Waals surface area contributed by atoms with Crippen LogP contribution in [0.3, 0.4) is 0 Å². The van der Waals surface area contributed by atoms with Gasteiger partial charge in [-0.15, -0.1) is 0 Å². The third-order valence-corrected chi connectivity index (χ3v) is 5.23. The van der Waals surface area contributed by atoms with E-state index in [2.05, 4.69) is 19.1 Å². The molecule has 2 atom stereocenters. The minimum Gasteiger partial charge on any atom is -0.324 e. The second kappa shape index (κ2) is 5.36. The van der Waals surface area contributed by atoms with E-state index in [1.54, 1.807) is 11.8 Å². The standard InChI is InChI=1S/C9H17O3PS/c1-2-3-4-8-5-9(7-14-6-8)13(10,11)12/h3-4,8-9H,2,5-7H2,1H3,(H2,10,11,12)/b4-3+. The first kappa shape index (κ1) is 12.3. The van der Waals surface area contributed by atoms with E-state index in [0.29, 0.717) is 18.1 Å². The molecule has 0 spiro atoms. The number of hydrogen-bond donors (Lipinski definition) is 2. The molecule has 0 aromatic heterocycles. The Morgan fingerprint density at radius 2 is 2.21 bits per heavy atom. The van der Waals surface area contributed by atoms with E-state index in [9.17, 15) is 4.57 Å². The molecule has 0 bridgehead atoms. The van der Waals surface area contributed by atoms with Gasteiger partial charge in [0.05, 0.1) is 5.66 Å². The molecule has 1 aliphatic rings. The van der Waals surface area contributed by atoms with Gasteiger partial charge in [0.1, 0.15) is 0 Å². The molecule has 14 heavy (non-hydrogen) atoms. The molecule has 1 saturated heterocycles. The highest BCUT2D eigenvalue weighted by Gasteiger charge is 2.33. The lowest BCUT2D eigenvalue weighted by Gasteiger charge is -2.27. The van der Waals surface area contributed by atoms with Crippen molar-refractivity contribution >= 4 is 19.4 Å². The quantitative estimate of drug-likeness (QED) is 0.583. The Kier molecular flexibility index (Phi) is 4.71. The molecule has 0 aromatic carbocycles. The molecule has 0 amide bonds. The maximum absolute atomic E-state index is 11.1. The lowest BCUT2D eigenvalue weighted by molar-refractivity contribution is 0.353. The zero-order valence-electron chi connectivity index (χ0n) is 8.30. The van der Waals surface area contributed by atoms with Gasteiger partial charge in [-0.05, 0) is 24.5 Å². The van der Waals surface area contributed by atoms with E-state index in [1.165, 1.54) is 0 Å². The van der Waals surface area contributed by atoms with Gasteiger partial charge in [0.2, 0.25) is 0 Å². The lowest BCUT2D eigenvalue weighted by atomic mass is 10.0. The van der Waals surface area contributed by atoms with Crippen molar-refractivity contribution in [1.82, 2.24) is 0 Å². The molecule has 0 saturated carbocycles. The van der Waals surface area contributed by atoms with E-state index < -0.39 is 13.3 Å². The molecule has 0 aromatic rings. The fourth-order valence-corrected chi connectivity index (χ4v) is 4.27. The summed E-state index contributed by atoms with van der Waals surface area (Å²) in [6.07, 6.45) is 5.79. The topological polar surface area (TPSA) is 57.5 Å². The third-order valence-electron chi connectivity index (χ3n) is 2.34. The molecule has 1 aliphatic heterocycles. The van der Waals surface area contributed by atoms with Crippen LogP contribution in [0.4, 0.5) is 0 Å². The fraction of sp³-hybridized carbons (Fsp3) is 0.778. The van der Waals surface area contributed by atoms with E-state index in [0.717, 1.165) is 12.2 Å². The molecule has 2 unspecified atom stereocenters. The van der Waals surface area contributed by atoms with Gasteiger partial charge in [0.15, 0.2) is 0 Å². The largest absolute Gasteiger partial charge is 0.329 e. The minimum atomic E-state index is -3.87. The summed E-state index contributed by atoms with van der Waals surface area (Å²) in [6.45, 7) is 2.06. The highest BCUT2D eigenvalue weighted by atomic mass is 32.2. The van der Waals surface area contributed by atoms with Crippen LogP contribution >= 0.6 is 19.4 Å². The van der Waals surface area contributed by atoms with Gasteiger partial charge in [-0.1, -0.05) is 19.1 Å². The fourth-order valence-electron chi connectivity index (χ4n) is 1.54. The summed E-state index contributed by atoms with van der Waals surface area (Å²) >= 11 is 1.64. The Balaban J connectivity index is 2.52. The molecule has 5 heteroatoms. The van der Waals surface area contributed by atoms with Crippen LogP contribution in [0.1, 0.15) is 19.8 Å². The molecule has 1 rings (SSSR count). The summed E-state index contributed by atoms with van der Waals surface area (Å²) in [6, 6.07) is 0. The first-order valence-electron chi connectivity index (χ1n) is 4.83.